The zero-order valence-corrected chi connectivity index (χ0v) is 15.3. The van der Waals surface area contributed by atoms with E-state index in [1.165, 1.54) is 5.69 Å². The van der Waals surface area contributed by atoms with Crippen LogP contribution in [0.3, 0.4) is 0 Å². The molecule has 0 amide bonds. The van der Waals surface area contributed by atoms with Crippen molar-refractivity contribution < 1.29 is 4.74 Å². The van der Waals surface area contributed by atoms with Gasteiger partial charge in [-0.2, -0.15) is 4.98 Å². The molecule has 2 aromatic rings. The fourth-order valence-electron chi connectivity index (χ4n) is 3.01. The Labute approximate surface area is 149 Å². The van der Waals surface area contributed by atoms with E-state index in [-0.39, 0.29) is 0 Å². The van der Waals surface area contributed by atoms with Gasteiger partial charge < -0.3 is 19.9 Å². The van der Waals surface area contributed by atoms with Gasteiger partial charge in [0.25, 0.3) is 0 Å². The predicted octanol–water partition coefficient (Wildman–Crippen LogP) is 3.21. The number of morpholine rings is 1. The Balaban J connectivity index is 1.75. The van der Waals surface area contributed by atoms with Crippen LogP contribution in [0.2, 0.25) is 0 Å². The molecule has 0 atom stereocenters. The van der Waals surface area contributed by atoms with Gasteiger partial charge in [-0.1, -0.05) is 0 Å². The maximum Gasteiger partial charge on any atom is 0.227 e. The maximum absolute atomic E-state index is 5.41. The Morgan fingerprint density at radius 3 is 2.40 bits per heavy atom. The number of hydrogen-bond donors (Lipinski definition) is 1. The van der Waals surface area contributed by atoms with E-state index in [2.05, 4.69) is 63.2 Å². The van der Waals surface area contributed by atoms with E-state index in [0.717, 1.165) is 62.5 Å². The number of ether oxygens (including phenoxy) is 1. The van der Waals surface area contributed by atoms with Gasteiger partial charge in [0, 0.05) is 49.3 Å². The van der Waals surface area contributed by atoms with E-state index >= 15 is 0 Å². The van der Waals surface area contributed by atoms with Crippen LogP contribution in [0.1, 0.15) is 19.5 Å². The molecule has 1 aromatic heterocycles. The van der Waals surface area contributed by atoms with Crippen molar-refractivity contribution in [2.45, 2.75) is 20.8 Å². The first-order chi connectivity index (χ1) is 12.2. The van der Waals surface area contributed by atoms with Crippen LogP contribution in [0.15, 0.2) is 30.3 Å². The summed E-state index contributed by atoms with van der Waals surface area (Å²) in [6.45, 7) is 11.5. The molecule has 25 heavy (non-hydrogen) atoms. The second kappa shape index (κ2) is 8.16. The topological polar surface area (TPSA) is 53.5 Å². The molecule has 6 nitrogen and oxygen atoms in total. The summed E-state index contributed by atoms with van der Waals surface area (Å²) < 4.78 is 5.41. The number of aryl methyl sites for hydroxylation is 1. The van der Waals surface area contributed by atoms with Gasteiger partial charge in [0.15, 0.2) is 0 Å². The molecule has 2 heterocycles. The monoisotopic (exact) mass is 341 g/mol. The molecular weight excluding hydrogens is 314 g/mol. The molecule has 1 N–H and O–H groups in total. The van der Waals surface area contributed by atoms with Crippen molar-refractivity contribution >= 4 is 23.1 Å². The largest absolute Gasteiger partial charge is 0.378 e. The van der Waals surface area contributed by atoms with Crippen LogP contribution in [0.4, 0.5) is 23.1 Å². The third-order valence-corrected chi connectivity index (χ3v) is 4.40. The molecule has 0 bridgehead atoms. The van der Waals surface area contributed by atoms with Crippen molar-refractivity contribution in [1.82, 2.24) is 9.97 Å². The van der Waals surface area contributed by atoms with Crippen LogP contribution in [0.25, 0.3) is 0 Å². The second-order valence-corrected chi connectivity index (χ2v) is 6.14. The van der Waals surface area contributed by atoms with Crippen LogP contribution in [-0.4, -0.2) is 49.4 Å². The first-order valence-electron chi connectivity index (χ1n) is 9.00. The van der Waals surface area contributed by atoms with E-state index in [4.69, 9.17) is 4.74 Å². The summed E-state index contributed by atoms with van der Waals surface area (Å²) in [5.41, 5.74) is 3.23. The predicted molar refractivity (Wildman–Crippen MR) is 103 cm³/mol. The zero-order valence-electron chi connectivity index (χ0n) is 15.3. The highest BCUT2D eigenvalue weighted by Gasteiger charge is 2.15. The molecule has 1 aromatic carbocycles. The molecule has 1 saturated heterocycles. The molecule has 0 unspecified atom stereocenters. The van der Waals surface area contributed by atoms with Gasteiger partial charge in [-0.15, -0.1) is 0 Å². The Morgan fingerprint density at radius 1 is 1.08 bits per heavy atom. The normalized spacial score (nSPS) is 14.4. The minimum Gasteiger partial charge on any atom is -0.378 e. The van der Waals surface area contributed by atoms with E-state index < -0.39 is 0 Å². The lowest BCUT2D eigenvalue weighted by Crippen LogP contribution is -2.37. The number of benzene rings is 1. The number of hydrogen-bond acceptors (Lipinski definition) is 6. The Bertz CT molecular complexity index is 679. The quantitative estimate of drug-likeness (QED) is 0.871. The summed E-state index contributed by atoms with van der Waals surface area (Å²) in [5, 5.41) is 3.40. The molecule has 0 spiro atoms. The van der Waals surface area contributed by atoms with Crippen molar-refractivity contribution in [2.24, 2.45) is 0 Å². The average molecular weight is 341 g/mol. The fourth-order valence-corrected chi connectivity index (χ4v) is 3.01. The number of anilines is 4. The highest BCUT2D eigenvalue weighted by Crippen LogP contribution is 2.22. The third kappa shape index (κ3) is 4.39. The standard InChI is InChI=1S/C19H27N5O/c1-4-23(5-2)17-8-6-16(7-9-17)21-18-14-15(3)20-19(22-18)24-10-12-25-13-11-24/h6-9,14H,4-5,10-13H2,1-3H3,(H,20,21,22). The smallest absolute Gasteiger partial charge is 0.227 e. The van der Waals surface area contributed by atoms with Crippen LogP contribution in [-0.2, 0) is 4.74 Å². The molecular formula is C19H27N5O. The van der Waals surface area contributed by atoms with Crippen LogP contribution in [0.5, 0.6) is 0 Å². The lowest BCUT2D eigenvalue weighted by atomic mass is 10.2. The van der Waals surface area contributed by atoms with Crippen molar-refractivity contribution in [1.29, 1.82) is 0 Å². The van der Waals surface area contributed by atoms with Gasteiger partial charge in [-0.25, -0.2) is 4.98 Å². The summed E-state index contributed by atoms with van der Waals surface area (Å²) in [6, 6.07) is 10.5. The number of nitrogens with zero attached hydrogens (tertiary/aromatic N) is 4. The lowest BCUT2D eigenvalue weighted by molar-refractivity contribution is 0.122. The van der Waals surface area contributed by atoms with Crippen molar-refractivity contribution in [3.8, 4) is 0 Å². The molecule has 6 heteroatoms. The molecule has 0 saturated carbocycles. The highest BCUT2D eigenvalue weighted by molar-refractivity contribution is 5.61. The van der Waals surface area contributed by atoms with Crippen LogP contribution in [0, 0.1) is 6.92 Å². The SMILES string of the molecule is CCN(CC)c1ccc(Nc2cc(C)nc(N3CCOCC3)n2)cc1. The highest BCUT2D eigenvalue weighted by atomic mass is 16.5. The number of rotatable bonds is 6. The number of nitrogens with one attached hydrogen (secondary N) is 1. The minimum atomic E-state index is 0.729. The third-order valence-electron chi connectivity index (χ3n) is 4.40. The second-order valence-electron chi connectivity index (χ2n) is 6.14. The molecule has 0 aliphatic carbocycles. The van der Waals surface area contributed by atoms with Crippen molar-refractivity contribution in [3.63, 3.8) is 0 Å². The van der Waals surface area contributed by atoms with Gasteiger partial charge >= 0.3 is 0 Å². The van der Waals surface area contributed by atoms with Gasteiger partial charge in [0.2, 0.25) is 5.95 Å². The zero-order chi connectivity index (χ0) is 17.6. The Kier molecular flexibility index (Phi) is 5.71. The van der Waals surface area contributed by atoms with E-state index in [1.807, 2.05) is 13.0 Å². The van der Waals surface area contributed by atoms with Gasteiger partial charge in [-0.3, -0.25) is 0 Å². The molecule has 1 aliphatic rings. The molecule has 3 rings (SSSR count). The Morgan fingerprint density at radius 2 is 1.76 bits per heavy atom. The van der Waals surface area contributed by atoms with E-state index in [0.29, 0.717) is 0 Å². The van der Waals surface area contributed by atoms with Crippen molar-refractivity contribution in [2.75, 3.05) is 54.5 Å². The van der Waals surface area contributed by atoms with Gasteiger partial charge in [-0.05, 0) is 45.0 Å². The van der Waals surface area contributed by atoms with Crippen LogP contribution >= 0.6 is 0 Å². The summed E-state index contributed by atoms with van der Waals surface area (Å²) in [5.74, 6) is 1.59. The van der Waals surface area contributed by atoms with E-state index in [9.17, 15) is 0 Å². The molecule has 1 fully saturated rings. The first-order valence-corrected chi connectivity index (χ1v) is 9.00. The lowest BCUT2D eigenvalue weighted by Gasteiger charge is -2.27. The number of aromatic nitrogens is 2. The first kappa shape index (κ1) is 17.5. The summed E-state index contributed by atoms with van der Waals surface area (Å²) in [4.78, 5) is 13.8. The summed E-state index contributed by atoms with van der Waals surface area (Å²) in [6.07, 6.45) is 0. The van der Waals surface area contributed by atoms with Gasteiger partial charge in [0.1, 0.15) is 5.82 Å². The molecule has 1 aliphatic heterocycles. The molecule has 134 valence electrons. The van der Waals surface area contributed by atoms with Crippen LogP contribution < -0.4 is 15.1 Å². The maximum atomic E-state index is 5.41. The Hall–Kier alpha value is -2.34. The van der Waals surface area contributed by atoms with E-state index in [1.54, 1.807) is 0 Å². The summed E-state index contributed by atoms with van der Waals surface area (Å²) >= 11 is 0. The summed E-state index contributed by atoms with van der Waals surface area (Å²) in [7, 11) is 0. The minimum absolute atomic E-state index is 0.729. The van der Waals surface area contributed by atoms with Gasteiger partial charge in [0.05, 0.1) is 13.2 Å². The fraction of sp³-hybridized carbons (Fsp3) is 0.474. The van der Waals surface area contributed by atoms with Crippen molar-refractivity contribution in [3.05, 3.63) is 36.0 Å². The average Bonchev–Trinajstić information content (AvgIpc) is 2.64. The molecule has 0 radical (unpaired) electrons.